The van der Waals surface area contributed by atoms with E-state index in [0.29, 0.717) is 5.92 Å². The molecule has 1 aromatic carbocycles. The minimum absolute atomic E-state index is 0.206. The minimum atomic E-state index is 0.206. The summed E-state index contributed by atoms with van der Waals surface area (Å²) < 4.78 is 0. The molecular weight excluding hydrogens is 242 g/mol. The highest BCUT2D eigenvalue weighted by Gasteiger charge is 2.25. The maximum absolute atomic E-state index is 3.74. The van der Waals surface area contributed by atoms with E-state index in [9.17, 15) is 0 Å². The molecule has 0 amide bonds. The van der Waals surface area contributed by atoms with Gasteiger partial charge < -0.3 is 5.32 Å². The molecule has 1 heteroatoms. The normalized spacial score (nSPS) is 19.6. The van der Waals surface area contributed by atoms with Crippen LogP contribution in [0.1, 0.15) is 70.8 Å². The van der Waals surface area contributed by atoms with Crippen molar-refractivity contribution in [3.63, 3.8) is 0 Å². The molecule has 0 heterocycles. The van der Waals surface area contributed by atoms with Gasteiger partial charge in [0.25, 0.3) is 0 Å². The van der Waals surface area contributed by atoms with E-state index in [1.807, 2.05) is 0 Å². The molecule has 0 saturated heterocycles. The molecule has 1 unspecified atom stereocenters. The van der Waals surface area contributed by atoms with E-state index in [0.717, 1.165) is 12.5 Å². The largest absolute Gasteiger partial charge is 0.311 e. The Morgan fingerprint density at radius 3 is 2.15 bits per heavy atom. The van der Waals surface area contributed by atoms with Crippen molar-refractivity contribution in [2.75, 3.05) is 6.54 Å². The zero-order valence-corrected chi connectivity index (χ0v) is 13.5. The second-order valence-corrected chi connectivity index (χ2v) is 7.40. The van der Waals surface area contributed by atoms with Crippen LogP contribution < -0.4 is 5.32 Å². The van der Waals surface area contributed by atoms with Crippen LogP contribution in [0.15, 0.2) is 30.3 Å². The van der Waals surface area contributed by atoms with Gasteiger partial charge in [-0.05, 0) is 51.0 Å². The van der Waals surface area contributed by atoms with E-state index in [2.05, 4.69) is 56.4 Å². The van der Waals surface area contributed by atoms with Gasteiger partial charge in [0.15, 0.2) is 0 Å². The molecule has 20 heavy (non-hydrogen) atoms. The Labute approximate surface area is 125 Å². The van der Waals surface area contributed by atoms with E-state index < -0.39 is 0 Å². The SMILES string of the molecule is CC(C)(C)NCC(c1ccccc1)C1CCCCCC1. The van der Waals surface area contributed by atoms with Crippen molar-refractivity contribution < 1.29 is 0 Å². The highest BCUT2D eigenvalue weighted by molar-refractivity contribution is 5.21. The fourth-order valence-electron chi connectivity index (χ4n) is 3.39. The second-order valence-electron chi connectivity index (χ2n) is 7.40. The lowest BCUT2D eigenvalue weighted by atomic mass is 9.81. The van der Waals surface area contributed by atoms with Crippen LogP contribution in [-0.2, 0) is 0 Å². The zero-order valence-electron chi connectivity index (χ0n) is 13.5. The van der Waals surface area contributed by atoms with Crippen LogP contribution in [-0.4, -0.2) is 12.1 Å². The summed E-state index contributed by atoms with van der Waals surface area (Å²) in [6, 6.07) is 11.1. The summed E-state index contributed by atoms with van der Waals surface area (Å²) in [7, 11) is 0. The molecule has 1 aliphatic rings. The van der Waals surface area contributed by atoms with Gasteiger partial charge in [0, 0.05) is 12.1 Å². The molecule has 1 fully saturated rings. The third-order valence-corrected chi connectivity index (χ3v) is 4.55. The average molecular weight is 273 g/mol. The topological polar surface area (TPSA) is 12.0 Å². The first-order valence-corrected chi connectivity index (χ1v) is 8.36. The highest BCUT2D eigenvalue weighted by Crippen LogP contribution is 2.35. The number of hydrogen-bond donors (Lipinski definition) is 1. The summed E-state index contributed by atoms with van der Waals surface area (Å²) in [4.78, 5) is 0. The molecule has 2 rings (SSSR count). The summed E-state index contributed by atoms with van der Waals surface area (Å²) >= 11 is 0. The average Bonchev–Trinajstić information content (AvgIpc) is 2.68. The van der Waals surface area contributed by atoms with Gasteiger partial charge in [-0.3, -0.25) is 0 Å². The molecule has 1 nitrogen and oxygen atoms in total. The van der Waals surface area contributed by atoms with Gasteiger partial charge in [-0.1, -0.05) is 56.0 Å². The Kier molecular flexibility index (Phi) is 5.65. The van der Waals surface area contributed by atoms with Gasteiger partial charge in [0.2, 0.25) is 0 Å². The maximum atomic E-state index is 3.74. The highest BCUT2D eigenvalue weighted by atomic mass is 14.9. The van der Waals surface area contributed by atoms with Gasteiger partial charge in [-0.25, -0.2) is 0 Å². The van der Waals surface area contributed by atoms with Crippen LogP contribution in [0, 0.1) is 5.92 Å². The fourth-order valence-corrected chi connectivity index (χ4v) is 3.39. The Morgan fingerprint density at radius 1 is 1.00 bits per heavy atom. The summed E-state index contributed by atoms with van der Waals surface area (Å²) in [5.41, 5.74) is 1.73. The first-order valence-electron chi connectivity index (χ1n) is 8.36. The molecule has 0 radical (unpaired) electrons. The number of benzene rings is 1. The van der Waals surface area contributed by atoms with Gasteiger partial charge in [-0.15, -0.1) is 0 Å². The molecule has 0 spiro atoms. The van der Waals surface area contributed by atoms with Crippen molar-refractivity contribution in [1.82, 2.24) is 5.32 Å². The lowest BCUT2D eigenvalue weighted by Crippen LogP contribution is -2.40. The third-order valence-electron chi connectivity index (χ3n) is 4.55. The van der Waals surface area contributed by atoms with E-state index >= 15 is 0 Å². The predicted molar refractivity (Wildman–Crippen MR) is 88.1 cm³/mol. The molecule has 112 valence electrons. The monoisotopic (exact) mass is 273 g/mol. The Bertz CT molecular complexity index is 369. The predicted octanol–water partition coefficient (Wildman–Crippen LogP) is 5.13. The Hall–Kier alpha value is -0.820. The number of hydrogen-bond acceptors (Lipinski definition) is 1. The van der Waals surface area contributed by atoms with Gasteiger partial charge in [0.1, 0.15) is 0 Å². The zero-order chi connectivity index (χ0) is 14.4. The molecule has 1 N–H and O–H groups in total. The fraction of sp³-hybridized carbons (Fsp3) is 0.684. The summed E-state index contributed by atoms with van der Waals surface area (Å²) in [6.45, 7) is 7.91. The number of rotatable bonds is 4. The van der Waals surface area contributed by atoms with Crippen molar-refractivity contribution in [3.8, 4) is 0 Å². The van der Waals surface area contributed by atoms with Crippen LogP contribution in [0.4, 0.5) is 0 Å². The molecule has 1 atom stereocenters. The van der Waals surface area contributed by atoms with Crippen LogP contribution in [0.2, 0.25) is 0 Å². The van der Waals surface area contributed by atoms with Crippen molar-refractivity contribution in [2.24, 2.45) is 5.92 Å². The van der Waals surface area contributed by atoms with E-state index in [-0.39, 0.29) is 5.54 Å². The van der Waals surface area contributed by atoms with E-state index in [4.69, 9.17) is 0 Å². The summed E-state index contributed by atoms with van der Waals surface area (Å²) in [5, 5.41) is 3.74. The molecule has 1 aliphatic carbocycles. The molecular formula is C19H31N. The quantitative estimate of drug-likeness (QED) is 0.750. The first kappa shape index (κ1) is 15.6. The van der Waals surface area contributed by atoms with Crippen molar-refractivity contribution in [3.05, 3.63) is 35.9 Å². The molecule has 1 saturated carbocycles. The van der Waals surface area contributed by atoms with Crippen molar-refractivity contribution >= 4 is 0 Å². The van der Waals surface area contributed by atoms with Crippen molar-refractivity contribution in [2.45, 2.75) is 70.8 Å². The molecule has 0 bridgehead atoms. The lowest BCUT2D eigenvalue weighted by molar-refractivity contribution is 0.324. The van der Waals surface area contributed by atoms with Gasteiger partial charge in [-0.2, -0.15) is 0 Å². The Morgan fingerprint density at radius 2 is 1.60 bits per heavy atom. The maximum Gasteiger partial charge on any atom is 0.00967 e. The Balaban J connectivity index is 2.10. The molecule has 0 aliphatic heterocycles. The summed E-state index contributed by atoms with van der Waals surface area (Å²) in [5.74, 6) is 1.53. The van der Waals surface area contributed by atoms with Crippen molar-refractivity contribution in [1.29, 1.82) is 0 Å². The number of nitrogens with one attached hydrogen (secondary N) is 1. The van der Waals surface area contributed by atoms with Crippen LogP contribution in [0.3, 0.4) is 0 Å². The van der Waals surface area contributed by atoms with Crippen LogP contribution in [0.25, 0.3) is 0 Å². The van der Waals surface area contributed by atoms with E-state index in [1.165, 1.54) is 44.1 Å². The van der Waals surface area contributed by atoms with Gasteiger partial charge in [0.05, 0.1) is 0 Å². The third kappa shape index (κ3) is 4.94. The van der Waals surface area contributed by atoms with Crippen LogP contribution >= 0.6 is 0 Å². The molecule has 0 aromatic heterocycles. The second kappa shape index (κ2) is 7.26. The minimum Gasteiger partial charge on any atom is -0.311 e. The first-order chi connectivity index (χ1) is 9.56. The molecule has 1 aromatic rings. The standard InChI is InChI=1S/C19H31N/c1-19(2,3)20-15-18(17-13-9-6-10-14-17)16-11-7-4-5-8-12-16/h6,9-10,13-14,16,18,20H,4-5,7-8,11-12,15H2,1-3H3. The van der Waals surface area contributed by atoms with E-state index in [1.54, 1.807) is 0 Å². The summed E-state index contributed by atoms with van der Waals surface area (Å²) in [6.07, 6.45) is 8.53. The smallest absolute Gasteiger partial charge is 0.00967 e. The van der Waals surface area contributed by atoms with Crippen LogP contribution in [0.5, 0.6) is 0 Å². The van der Waals surface area contributed by atoms with Gasteiger partial charge >= 0.3 is 0 Å². The lowest BCUT2D eigenvalue weighted by Gasteiger charge is -2.31.